The normalized spacial score (nSPS) is 10.3. The lowest BCUT2D eigenvalue weighted by atomic mass is 10.1. The number of unbranched alkanes of at least 4 members (excludes halogenated alkanes) is 1. The molecule has 1 heterocycles. The number of nitrogens with zero attached hydrogens (tertiary/aromatic N) is 4. The van der Waals surface area contributed by atoms with Crippen molar-refractivity contribution in [1.29, 1.82) is 0 Å². The first kappa shape index (κ1) is 17.0. The molecule has 1 aromatic carbocycles. The second kappa shape index (κ2) is 8.96. The molecule has 0 aliphatic carbocycles. The van der Waals surface area contributed by atoms with Crippen molar-refractivity contribution in [2.75, 3.05) is 12.3 Å². The predicted molar refractivity (Wildman–Crippen MR) is 90.3 cm³/mol. The number of tetrazole rings is 1. The molecular formula is C16H19N5OS. The van der Waals surface area contributed by atoms with E-state index in [0.29, 0.717) is 5.16 Å². The number of terminal acetylenes is 1. The van der Waals surface area contributed by atoms with Gasteiger partial charge in [-0.05, 0) is 41.0 Å². The highest BCUT2D eigenvalue weighted by Crippen LogP contribution is 2.18. The van der Waals surface area contributed by atoms with Crippen LogP contribution < -0.4 is 5.32 Å². The van der Waals surface area contributed by atoms with Crippen LogP contribution >= 0.6 is 11.8 Å². The molecular weight excluding hydrogens is 310 g/mol. The number of thioether (sulfide) groups is 1. The highest BCUT2D eigenvalue weighted by atomic mass is 32.2. The smallest absolute Gasteiger partial charge is 0.231 e. The average Bonchev–Trinajstić information content (AvgIpc) is 3.05. The van der Waals surface area contributed by atoms with Crippen molar-refractivity contribution >= 4 is 17.7 Å². The van der Waals surface area contributed by atoms with Crippen LogP contribution in [-0.4, -0.2) is 38.4 Å². The Morgan fingerprint density at radius 2 is 2.17 bits per heavy atom. The molecule has 1 amide bonds. The Labute approximate surface area is 140 Å². The summed E-state index contributed by atoms with van der Waals surface area (Å²) in [4.78, 5) is 11.6. The maximum absolute atomic E-state index is 11.6. The van der Waals surface area contributed by atoms with Gasteiger partial charge in [-0.25, -0.2) is 0 Å². The second-order valence-electron chi connectivity index (χ2n) is 4.91. The third-order valence-corrected chi connectivity index (χ3v) is 4.08. The van der Waals surface area contributed by atoms with Crippen molar-refractivity contribution in [2.45, 2.75) is 31.3 Å². The molecule has 0 aliphatic heterocycles. The number of nitrogens with one attached hydrogen (secondary N) is 1. The standard InChI is InChI=1S/C16H19N5OS/c1-3-5-6-13-7-9-14(10-8-13)21-16(18-19-20-21)23-12-15(22)17-11-4-2/h2,7-10H,3,5-6,11-12H2,1H3,(H,17,22). The zero-order valence-electron chi connectivity index (χ0n) is 13.0. The topological polar surface area (TPSA) is 72.7 Å². The Kier molecular flexibility index (Phi) is 6.63. The minimum atomic E-state index is -0.141. The second-order valence-corrected chi connectivity index (χ2v) is 5.86. The lowest BCUT2D eigenvalue weighted by Gasteiger charge is -2.06. The highest BCUT2D eigenvalue weighted by Gasteiger charge is 2.11. The van der Waals surface area contributed by atoms with Crippen LogP contribution in [0, 0.1) is 12.3 Å². The van der Waals surface area contributed by atoms with Gasteiger partial charge in [0.25, 0.3) is 0 Å². The molecule has 0 saturated heterocycles. The van der Waals surface area contributed by atoms with Gasteiger partial charge in [0.05, 0.1) is 18.0 Å². The first-order valence-corrected chi connectivity index (χ1v) is 8.43. The molecule has 2 rings (SSSR count). The molecule has 0 aliphatic rings. The Morgan fingerprint density at radius 3 is 2.87 bits per heavy atom. The molecule has 1 N–H and O–H groups in total. The Balaban J connectivity index is 2.00. The van der Waals surface area contributed by atoms with Gasteiger partial charge in [0.15, 0.2) is 0 Å². The van der Waals surface area contributed by atoms with E-state index >= 15 is 0 Å². The maximum atomic E-state index is 11.6. The molecule has 2 aromatic rings. The van der Waals surface area contributed by atoms with E-state index in [2.05, 4.69) is 45.8 Å². The van der Waals surface area contributed by atoms with Gasteiger partial charge in [0.1, 0.15) is 0 Å². The fourth-order valence-electron chi connectivity index (χ4n) is 1.95. The van der Waals surface area contributed by atoms with Crippen LogP contribution in [0.15, 0.2) is 29.4 Å². The maximum Gasteiger partial charge on any atom is 0.231 e. The van der Waals surface area contributed by atoms with Crippen LogP contribution in [-0.2, 0) is 11.2 Å². The minimum absolute atomic E-state index is 0.141. The monoisotopic (exact) mass is 329 g/mol. The molecule has 0 radical (unpaired) electrons. The summed E-state index contributed by atoms with van der Waals surface area (Å²) in [7, 11) is 0. The largest absolute Gasteiger partial charge is 0.344 e. The number of aromatic nitrogens is 4. The lowest BCUT2D eigenvalue weighted by Crippen LogP contribution is -2.25. The van der Waals surface area contributed by atoms with E-state index in [9.17, 15) is 4.79 Å². The van der Waals surface area contributed by atoms with Crippen molar-refractivity contribution < 1.29 is 4.79 Å². The van der Waals surface area contributed by atoms with Gasteiger partial charge < -0.3 is 5.32 Å². The van der Waals surface area contributed by atoms with Gasteiger partial charge in [-0.2, -0.15) is 4.68 Å². The number of amides is 1. The third-order valence-electron chi connectivity index (χ3n) is 3.16. The predicted octanol–water partition coefficient (Wildman–Crippen LogP) is 1.85. The van der Waals surface area contributed by atoms with E-state index < -0.39 is 0 Å². The van der Waals surface area contributed by atoms with Gasteiger partial charge in [-0.15, -0.1) is 11.5 Å². The molecule has 0 unspecified atom stereocenters. The summed E-state index contributed by atoms with van der Waals surface area (Å²) in [5.41, 5.74) is 2.17. The number of hydrogen-bond acceptors (Lipinski definition) is 5. The molecule has 0 fully saturated rings. The van der Waals surface area contributed by atoms with E-state index in [4.69, 9.17) is 6.42 Å². The molecule has 0 spiro atoms. The molecule has 0 saturated carbocycles. The van der Waals surface area contributed by atoms with Crippen molar-refractivity contribution in [3.8, 4) is 18.0 Å². The lowest BCUT2D eigenvalue weighted by molar-refractivity contribution is -0.118. The fourth-order valence-corrected chi connectivity index (χ4v) is 2.67. The summed E-state index contributed by atoms with van der Waals surface area (Å²) in [6.45, 7) is 2.41. The number of aryl methyl sites for hydroxylation is 1. The van der Waals surface area contributed by atoms with Crippen molar-refractivity contribution in [3.63, 3.8) is 0 Å². The summed E-state index contributed by atoms with van der Waals surface area (Å²) in [6, 6.07) is 8.15. The van der Waals surface area contributed by atoms with Crippen LogP contribution in [0.2, 0.25) is 0 Å². The van der Waals surface area contributed by atoms with Gasteiger partial charge in [-0.3, -0.25) is 4.79 Å². The van der Waals surface area contributed by atoms with E-state index in [-0.39, 0.29) is 18.2 Å². The van der Waals surface area contributed by atoms with E-state index in [1.807, 2.05) is 12.1 Å². The zero-order chi connectivity index (χ0) is 16.5. The third kappa shape index (κ3) is 5.11. The summed E-state index contributed by atoms with van der Waals surface area (Å²) in [6.07, 6.45) is 8.53. The Bertz CT molecular complexity index is 675. The summed E-state index contributed by atoms with van der Waals surface area (Å²) >= 11 is 1.27. The number of benzene rings is 1. The molecule has 1 aromatic heterocycles. The van der Waals surface area contributed by atoms with E-state index in [1.54, 1.807) is 4.68 Å². The highest BCUT2D eigenvalue weighted by molar-refractivity contribution is 7.99. The Morgan fingerprint density at radius 1 is 1.39 bits per heavy atom. The van der Waals surface area contributed by atoms with Crippen LogP contribution in [0.3, 0.4) is 0 Å². The molecule has 0 bridgehead atoms. The number of carbonyl (C=O) groups is 1. The van der Waals surface area contributed by atoms with Gasteiger partial charge in [0.2, 0.25) is 11.1 Å². The van der Waals surface area contributed by atoms with Gasteiger partial charge in [0, 0.05) is 0 Å². The number of rotatable bonds is 8. The molecule has 120 valence electrons. The minimum Gasteiger partial charge on any atom is -0.344 e. The van der Waals surface area contributed by atoms with Crippen molar-refractivity contribution in [1.82, 2.24) is 25.5 Å². The first-order chi connectivity index (χ1) is 11.2. The average molecular weight is 329 g/mol. The molecule has 6 nitrogen and oxygen atoms in total. The summed E-state index contributed by atoms with van der Waals surface area (Å²) in [5, 5.41) is 14.8. The quantitative estimate of drug-likeness (QED) is 0.591. The molecule has 7 heteroatoms. The number of hydrogen-bond donors (Lipinski definition) is 1. The van der Waals surface area contributed by atoms with E-state index in [0.717, 1.165) is 12.1 Å². The SMILES string of the molecule is C#CCNC(=O)CSc1nnnn1-c1ccc(CCCC)cc1. The van der Waals surface area contributed by atoms with Crippen LogP contribution in [0.25, 0.3) is 5.69 Å². The first-order valence-electron chi connectivity index (χ1n) is 7.45. The number of carbonyl (C=O) groups excluding carboxylic acids is 1. The van der Waals surface area contributed by atoms with Crippen LogP contribution in [0.4, 0.5) is 0 Å². The van der Waals surface area contributed by atoms with Gasteiger partial charge >= 0.3 is 0 Å². The Hall–Kier alpha value is -2.33. The summed E-state index contributed by atoms with van der Waals surface area (Å²) < 4.78 is 1.63. The van der Waals surface area contributed by atoms with Crippen LogP contribution in [0.1, 0.15) is 25.3 Å². The summed E-state index contributed by atoms with van der Waals surface area (Å²) in [5.74, 6) is 2.44. The van der Waals surface area contributed by atoms with Crippen molar-refractivity contribution in [2.24, 2.45) is 0 Å². The van der Waals surface area contributed by atoms with Gasteiger partial charge in [-0.1, -0.05) is 43.2 Å². The molecule has 23 heavy (non-hydrogen) atoms. The van der Waals surface area contributed by atoms with E-state index in [1.165, 1.54) is 30.2 Å². The zero-order valence-corrected chi connectivity index (χ0v) is 13.8. The van der Waals surface area contributed by atoms with Crippen molar-refractivity contribution in [3.05, 3.63) is 29.8 Å². The molecule has 0 atom stereocenters. The fraction of sp³-hybridized carbons (Fsp3) is 0.375. The van der Waals surface area contributed by atoms with Crippen LogP contribution in [0.5, 0.6) is 0 Å².